The molecule has 1 saturated carbocycles. The third-order valence-corrected chi connectivity index (χ3v) is 5.69. The minimum absolute atomic E-state index is 0.351. The Morgan fingerprint density at radius 2 is 1.80 bits per heavy atom. The molecule has 1 saturated heterocycles. The number of anilines is 1. The van der Waals surface area contributed by atoms with Crippen molar-refractivity contribution in [3.63, 3.8) is 0 Å². The summed E-state index contributed by atoms with van der Waals surface area (Å²) in [5.74, 6) is -2.07. The molecular formula is C20H26N2O3. The number of benzene rings is 1. The van der Waals surface area contributed by atoms with Crippen molar-refractivity contribution in [1.82, 2.24) is 5.32 Å². The number of hydrogen-bond acceptors (Lipinski definition) is 3. The normalized spacial score (nSPS) is 27.2. The van der Waals surface area contributed by atoms with Crippen molar-refractivity contribution in [3.8, 4) is 0 Å². The molecule has 0 bridgehead atoms. The zero-order valence-corrected chi connectivity index (χ0v) is 14.9. The van der Waals surface area contributed by atoms with E-state index >= 15 is 0 Å². The molecule has 3 rings (SSSR count). The number of nitrogens with one attached hydrogen (secondary N) is 2. The highest BCUT2D eigenvalue weighted by Gasteiger charge is 2.51. The van der Waals surface area contributed by atoms with Crippen LogP contribution < -0.4 is 10.6 Å². The van der Waals surface area contributed by atoms with Crippen molar-refractivity contribution in [1.29, 1.82) is 0 Å². The molecular weight excluding hydrogens is 316 g/mol. The zero-order chi connectivity index (χ0) is 18.0. The van der Waals surface area contributed by atoms with Crippen LogP contribution in [0.25, 0.3) is 0 Å². The predicted octanol–water partition coefficient (Wildman–Crippen LogP) is 3.16. The van der Waals surface area contributed by atoms with Crippen molar-refractivity contribution in [3.05, 3.63) is 29.8 Å². The van der Waals surface area contributed by atoms with Gasteiger partial charge in [-0.25, -0.2) is 0 Å². The standard InChI is InChI=1S/C20H26N2O3/c1-3-20(2)17(23)16(19(25)22-20)18(24)21-15-11-9-14(10-12-15)13-7-5-4-6-8-13/h9-13,16H,3-8H2,1-2H3,(H,21,24)(H,22,25). The quantitative estimate of drug-likeness (QED) is 0.825. The fourth-order valence-corrected chi connectivity index (χ4v) is 3.83. The second-order valence-corrected chi connectivity index (χ2v) is 7.42. The maximum absolute atomic E-state index is 12.4. The number of Topliss-reactive ketones (excluding diaryl/α,β-unsaturated/α-hetero) is 1. The average Bonchev–Trinajstić information content (AvgIpc) is 2.86. The van der Waals surface area contributed by atoms with Gasteiger partial charge in [-0.15, -0.1) is 0 Å². The van der Waals surface area contributed by atoms with Gasteiger partial charge in [0.1, 0.15) is 0 Å². The van der Waals surface area contributed by atoms with Gasteiger partial charge in [0.25, 0.3) is 0 Å². The molecule has 25 heavy (non-hydrogen) atoms. The zero-order valence-electron chi connectivity index (χ0n) is 14.9. The summed E-state index contributed by atoms with van der Waals surface area (Å²) in [4.78, 5) is 36.9. The van der Waals surface area contributed by atoms with Crippen molar-refractivity contribution in [2.45, 2.75) is 63.8 Å². The van der Waals surface area contributed by atoms with E-state index in [1.54, 1.807) is 6.92 Å². The topological polar surface area (TPSA) is 75.3 Å². The number of ketones is 1. The average molecular weight is 342 g/mol. The maximum Gasteiger partial charge on any atom is 0.244 e. The first kappa shape index (κ1) is 17.6. The highest BCUT2D eigenvalue weighted by atomic mass is 16.2. The summed E-state index contributed by atoms with van der Waals surface area (Å²) in [6, 6.07) is 7.80. The molecule has 2 N–H and O–H groups in total. The molecule has 1 aromatic rings. The van der Waals surface area contributed by atoms with E-state index in [-0.39, 0.29) is 5.78 Å². The van der Waals surface area contributed by atoms with Crippen molar-refractivity contribution in [2.24, 2.45) is 5.92 Å². The van der Waals surface area contributed by atoms with Crippen LogP contribution in [0.15, 0.2) is 24.3 Å². The summed E-state index contributed by atoms with van der Waals surface area (Å²) < 4.78 is 0. The molecule has 134 valence electrons. The molecule has 2 unspecified atom stereocenters. The van der Waals surface area contributed by atoms with Crippen LogP contribution in [0.4, 0.5) is 5.69 Å². The van der Waals surface area contributed by atoms with E-state index in [9.17, 15) is 14.4 Å². The van der Waals surface area contributed by atoms with Gasteiger partial charge in [-0.2, -0.15) is 0 Å². The van der Waals surface area contributed by atoms with E-state index in [1.807, 2.05) is 31.2 Å². The predicted molar refractivity (Wildman–Crippen MR) is 96.2 cm³/mol. The third kappa shape index (κ3) is 3.46. The number of hydrogen-bond donors (Lipinski definition) is 2. The first-order chi connectivity index (χ1) is 11.9. The lowest BCUT2D eigenvalue weighted by Crippen LogP contribution is -2.42. The first-order valence-corrected chi connectivity index (χ1v) is 9.22. The van der Waals surface area contributed by atoms with E-state index < -0.39 is 23.3 Å². The lowest BCUT2D eigenvalue weighted by molar-refractivity contribution is -0.135. The first-order valence-electron chi connectivity index (χ1n) is 9.22. The lowest BCUT2D eigenvalue weighted by atomic mass is 9.84. The highest BCUT2D eigenvalue weighted by molar-refractivity contribution is 6.27. The van der Waals surface area contributed by atoms with Crippen molar-refractivity contribution >= 4 is 23.3 Å². The molecule has 1 aromatic carbocycles. The highest BCUT2D eigenvalue weighted by Crippen LogP contribution is 2.33. The molecule has 0 aromatic heterocycles. The van der Waals surface area contributed by atoms with E-state index in [0.29, 0.717) is 18.0 Å². The Labute approximate surface area is 148 Å². The van der Waals surface area contributed by atoms with Crippen LogP contribution in [-0.2, 0) is 14.4 Å². The van der Waals surface area contributed by atoms with Crippen molar-refractivity contribution in [2.75, 3.05) is 5.32 Å². The van der Waals surface area contributed by atoms with Crippen LogP contribution in [-0.4, -0.2) is 23.1 Å². The minimum atomic E-state index is -1.26. The number of amides is 2. The van der Waals surface area contributed by atoms with E-state index in [4.69, 9.17) is 0 Å². The monoisotopic (exact) mass is 342 g/mol. The third-order valence-electron chi connectivity index (χ3n) is 5.69. The number of carbonyl (C=O) groups excluding carboxylic acids is 3. The van der Waals surface area contributed by atoms with Gasteiger partial charge in [-0.05, 0) is 49.8 Å². The molecule has 1 aliphatic carbocycles. The number of rotatable bonds is 4. The molecule has 1 heterocycles. The molecule has 0 spiro atoms. The van der Waals surface area contributed by atoms with Crippen LogP contribution >= 0.6 is 0 Å². The minimum Gasteiger partial charge on any atom is -0.343 e. The number of carbonyl (C=O) groups is 3. The molecule has 2 aliphatic rings. The molecule has 5 nitrogen and oxygen atoms in total. The van der Waals surface area contributed by atoms with Gasteiger partial charge < -0.3 is 10.6 Å². The van der Waals surface area contributed by atoms with Crippen LogP contribution in [0.2, 0.25) is 0 Å². The summed E-state index contributed by atoms with van der Waals surface area (Å²) in [5.41, 5.74) is 0.977. The Hall–Kier alpha value is -2.17. The fourth-order valence-electron chi connectivity index (χ4n) is 3.83. The Morgan fingerprint density at radius 1 is 1.16 bits per heavy atom. The van der Waals surface area contributed by atoms with E-state index in [0.717, 1.165) is 0 Å². The van der Waals surface area contributed by atoms with Crippen LogP contribution in [0.5, 0.6) is 0 Å². The summed E-state index contributed by atoms with van der Waals surface area (Å²) in [6.45, 7) is 3.49. The van der Waals surface area contributed by atoms with Crippen LogP contribution in [0.3, 0.4) is 0 Å². The summed E-state index contributed by atoms with van der Waals surface area (Å²) >= 11 is 0. The van der Waals surface area contributed by atoms with Gasteiger partial charge in [0.2, 0.25) is 11.8 Å². The molecule has 0 radical (unpaired) electrons. The Bertz CT molecular complexity index is 677. The van der Waals surface area contributed by atoms with Gasteiger partial charge in [0.05, 0.1) is 5.54 Å². The summed E-state index contributed by atoms with van der Waals surface area (Å²) in [7, 11) is 0. The van der Waals surface area contributed by atoms with Gasteiger partial charge >= 0.3 is 0 Å². The fraction of sp³-hybridized carbons (Fsp3) is 0.550. The van der Waals surface area contributed by atoms with Crippen LogP contribution in [0, 0.1) is 5.92 Å². The Kier molecular flexibility index (Phi) is 4.93. The van der Waals surface area contributed by atoms with E-state index in [1.165, 1.54) is 37.7 Å². The van der Waals surface area contributed by atoms with Crippen molar-refractivity contribution < 1.29 is 14.4 Å². The Morgan fingerprint density at radius 3 is 2.36 bits per heavy atom. The largest absolute Gasteiger partial charge is 0.343 e. The Balaban J connectivity index is 1.67. The maximum atomic E-state index is 12.4. The molecule has 2 fully saturated rings. The second-order valence-electron chi connectivity index (χ2n) is 7.42. The van der Waals surface area contributed by atoms with E-state index in [2.05, 4.69) is 10.6 Å². The smallest absolute Gasteiger partial charge is 0.244 e. The summed E-state index contributed by atoms with van der Waals surface area (Å²) in [5, 5.41) is 5.37. The summed E-state index contributed by atoms with van der Waals surface area (Å²) in [6.07, 6.45) is 6.78. The molecule has 2 amide bonds. The lowest BCUT2D eigenvalue weighted by Gasteiger charge is -2.22. The van der Waals surface area contributed by atoms with Gasteiger partial charge in [-0.3, -0.25) is 14.4 Å². The van der Waals surface area contributed by atoms with Gasteiger partial charge in [0, 0.05) is 5.69 Å². The molecule has 5 heteroatoms. The molecule has 1 aliphatic heterocycles. The van der Waals surface area contributed by atoms with Crippen LogP contribution in [0.1, 0.15) is 63.9 Å². The van der Waals surface area contributed by atoms with Gasteiger partial charge in [0.15, 0.2) is 11.7 Å². The SMILES string of the molecule is CCC1(C)NC(=O)C(C(=O)Nc2ccc(C3CCCCC3)cc2)C1=O. The van der Waals surface area contributed by atoms with Gasteiger partial charge in [-0.1, -0.05) is 38.3 Å². The second kappa shape index (κ2) is 6.98. The molecule has 2 atom stereocenters.